The number of esters is 1. The Kier molecular flexibility index (Phi) is 8.72. The lowest BCUT2D eigenvalue weighted by Crippen LogP contribution is -2.07. The van der Waals surface area contributed by atoms with Gasteiger partial charge in [0, 0.05) is 12.8 Å². The van der Waals surface area contributed by atoms with Crippen LogP contribution in [0.2, 0.25) is 0 Å². The molecule has 1 N–H and O–H groups in total. The van der Waals surface area contributed by atoms with Crippen LogP contribution in [0.15, 0.2) is 30.3 Å². The molecule has 2 unspecified atom stereocenters. The number of hydrogen-bond donors (Lipinski definition) is 1. The molecule has 0 aliphatic rings. The van der Waals surface area contributed by atoms with E-state index in [1.807, 2.05) is 30.3 Å². The maximum absolute atomic E-state index is 11.9. The molecule has 0 aromatic heterocycles. The maximum atomic E-state index is 11.9. The third-order valence-electron chi connectivity index (χ3n) is 3.68. The van der Waals surface area contributed by atoms with Crippen molar-refractivity contribution in [1.29, 1.82) is 0 Å². The van der Waals surface area contributed by atoms with E-state index in [2.05, 4.69) is 16.2 Å². The zero-order valence-electron chi connectivity index (χ0n) is 14.1. The molecule has 6 nitrogen and oxygen atoms in total. The third-order valence-corrected chi connectivity index (χ3v) is 5.05. The number of benzene rings is 1. The minimum atomic E-state index is -3.93. The van der Waals surface area contributed by atoms with Crippen LogP contribution in [0.1, 0.15) is 50.5 Å². The summed E-state index contributed by atoms with van der Waals surface area (Å²) in [6.45, 7) is 2.05. The van der Waals surface area contributed by atoms with Crippen molar-refractivity contribution in [2.24, 2.45) is 0 Å². The second-order valence-electron chi connectivity index (χ2n) is 5.71. The predicted octanol–water partition coefficient (Wildman–Crippen LogP) is 3.64. The van der Waals surface area contributed by atoms with Gasteiger partial charge in [-0.25, -0.2) is 4.57 Å². The van der Waals surface area contributed by atoms with E-state index < -0.39 is 19.5 Å². The van der Waals surface area contributed by atoms with Gasteiger partial charge in [-0.1, -0.05) is 37.3 Å². The summed E-state index contributed by atoms with van der Waals surface area (Å²) in [6, 6.07) is 9.89. The smallest absolute Gasteiger partial charge is 0.378 e. The van der Waals surface area contributed by atoms with Gasteiger partial charge in [0.05, 0.1) is 13.3 Å². The highest BCUT2D eigenvalue weighted by Crippen LogP contribution is 2.44. The highest BCUT2D eigenvalue weighted by atomic mass is 31.2. The summed E-state index contributed by atoms with van der Waals surface area (Å²) in [7, 11) is -2.67. The molecule has 134 valence electrons. The lowest BCUT2D eigenvalue weighted by molar-refractivity contribution is -0.141. The number of methoxy groups -OCH3 is 1. The number of carbonyl (C=O) groups is 2. The molecule has 0 saturated heterocycles. The zero-order valence-corrected chi connectivity index (χ0v) is 15.0. The minimum absolute atomic E-state index is 0.0626. The first kappa shape index (κ1) is 20.4. The molecule has 24 heavy (non-hydrogen) atoms. The number of hydrogen-bond acceptors (Lipinski definition) is 5. The Balaban J connectivity index is 2.29. The van der Waals surface area contributed by atoms with Crippen LogP contribution in [0.25, 0.3) is 0 Å². The Morgan fingerprint density at radius 3 is 2.38 bits per heavy atom. The molecule has 2 atom stereocenters. The van der Waals surface area contributed by atoms with E-state index in [1.54, 1.807) is 0 Å². The normalized spacial score (nSPS) is 14.5. The summed E-state index contributed by atoms with van der Waals surface area (Å²) in [5.41, 5.74) is 1.17. The molecular formula is C17H25O6P. The standard InChI is InChI=1S/C17H25O6P/c1-14(15-9-4-3-5-10-15)8-7-13-24(20,21)23-17(19)12-6-11-16(18)22-2/h3-5,9-10,14H,6-8,11-13H2,1-2H3,(H,20,21). The van der Waals surface area contributed by atoms with Crippen molar-refractivity contribution >= 4 is 19.5 Å². The molecule has 0 fully saturated rings. The van der Waals surface area contributed by atoms with E-state index in [4.69, 9.17) is 0 Å². The largest absolute Gasteiger partial charge is 0.469 e. The Bertz CT molecular complexity index is 572. The van der Waals surface area contributed by atoms with Crippen LogP contribution in [-0.2, 0) is 23.4 Å². The lowest BCUT2D eigenvalue weighted by atomic mass is 9.97. The molecule has 0 saturated carbocycles. The van der Waals surface area contributed by atoms with Crippen LogP contribution in [0.5, 0.6) is 0 Å². The Labute approximate surface area is 142 Å². The summed E-state index contributed by atoms with van der Waals surface area (Å²) in [6.07, 6.45) is 1.38. The molecule has 0 heterocycles. The van der Waals surface area contributed by atoms with E-state index in [1.165, 1.54) is 12.7 Å². The molecule has 0 spiro atoms. The van der Waals surface area contributed by atoms with Gasteiger partial charge in [0.25, 0.3) is 0 Å². The zero-order chi connectivity index (χ0) is 18.0. The monoisotopic (exact) mass is 356 g/mol. The molecule has 7 heteroatoms. The summed E-state index contributed by atoms with van der Waals surface area (Å²) < 4.78 is 21.0. The fraction of sp³-hybridized carbons (Fsp3) is 0.529. The highest BCUT2D eigenvalue weighted by molar-refractivity contribution is 7.53. The van der Waals surface area contributed by atoms with Crippen LogP contribution in [0.4, 0.5) is 0 Å². The fourth-order valence-electron chi connectivity index (χ4n) is 2.28. The van der Waals surface area contributed by atoms with E-state index >= 15 is 0 Å². The second kappa shape index (κ2) is 10.3. The van der Waals surface area contributed by atoms with Crippen molar-refractivity contribution in [3.8, 4) is 0 Å². The van der Waals surface area contributed by atoms with Gasteiger partial charge in [0.15, 0.2) is 0 Å². The predicted molar refractivity (Wildman–Crippen MR) is 90.7 cm³/mol. The van der Waals surface area contributed by atoms with Crippen LogP contribution in [-0.4, -0.2) is 30.1 Å². The quantitative estimate of drug-likeness (QED) is 0.508. The first-order chi connectivity index (χ1) is 11.3. The molecular weight excluding hydrogens is 331 g/mol. The summed E-state index contributed by atoms with van der Waals surface area (Å²) in [5, 5.41) is 0. The van der Waals surface area contributed by atoms with Crippen LogP contribution < -0.4 is 0 Å². The van der Waals surface area contributed by atoms with Gasteiger partial charge in [0.1, 0.15) is 0 Å². The van der Waals surface area contributed by atoms with Gasteiger partial charge >= 0.3 is 19.5 Å². The van der Waals surface area contributed by atoms with Crippen molar-refractivity contribution in [2.45, 2.75) is 44.9 Å². The van der Waals surface area contributed by atoms with Crippen molar-refractivity contribution < 1.29 is 28.3 Å². The molecule has 0 radical (unpaired) electrons. The summed E-state index contributed by atoms with van der Waals surface area (Å²) in [4.78, 5) is 32.2. The van der Waals surface area contributed by atoms with E-state index in [-0.39, 0.29) is 31.3 Å². The van der Waals surface area contributed by atoms with Crippen LogP contribution in [0, 0.1) is 0 Å². The first-order valence-electron chi connectivity index (χ1n) is 8.00. The van der Waals surface area contributed by atoms with E-state index in [0.717, 1.165) is 6.42 Å². The van der Waals surface area contributed by atoms with Crippen molar-refractivity contribution in [3.63, 3.8) is 0 Å². The van der Waals surface area contributed by atoms with E-state index in [9.17, 15) is 19.0 Å². The summed E-state index contributed by atoms with van der Waals surface area (Å²) in [5.74, 6) is -0.923. The maximum Gasteiger partial charge on any atom is 0.378 e. The SMILES string of the molecule is COC(=O)CCCC(=O)OP(=O)(O)CCCC(C)c1ccccc1. The van der Waals surface area contributed by atoms with Crippen molar-refractivity contribution in [1.82, 2.24) is 0 Å². The van der Waals surface area contributed by atoms with Crippen LogP contribution >= 0.6 is 7.60 Å². The second-order valence-corrected chi connectivity index (χ2v) is 7.61. The first-order valence-corrected chi connectivity index (χ1v) is 9.76. The van der Waals surface area contributed by atoms with Crippen molar-refractivity contribution in [3.05, 3.63) is 35.9 Å². The number of rotatable bonds is 10. The van der Waals surface area contributed by atoms with Crippen molar-refractivity contribution in [2.75, 3.05) is 13.3 Å². The molecule has 0 aliphatic heterocycles. The van der Waals surface area contributed by atoms with Gasteiger partial charge in [-0.05, 0) is 30.7 Å². The molecule has 1 rings (SSSR count). The van der Waals surface area contributed by atoms with Gasteiger partial charge in [0.2, 0.25) is 0 Å². The Morgan fingerprint density at radius 1 is 1.12 bits per heavy atom. The lowest BCUT2D eigenvalue weighted by Gasteiger charge is -2.14. The molecule has 1 aromatic rings. The molecule has 0 bridgehead atoms. The molecule has 1 aromatic carbocycles. The van der Waals surface area contributed by atoms with Gasteiger partial charge in [-0.3, -0.25) is 9.59 Å². The number of carbonyl (C=O) groups excluding carboxylic acids is 2. The topological polar surface area (TPSA) is 89.9 Å². The average molecular weight is 356 g/mol. The molecule has 0 amide bonds. The summed E-state index contributed by atoms with van der Waals surface area (Å²) >= 11 is 0. The highest BCUT2D eigenvalue weighted by Gasteiger charge is 2.24. The Morgan fingerprint density at radius 2 is 1.75 bits per heavy atom. The van der Waals surface area contributed by atoms with Gasteiger partial charge < -0.3 is 14.2 Å². The van der Waals surface area contributed by atoms with E-state index in [0.29, 0.717) is 6.42 Å². The molecule has 0 aliphatic carbocycles. The fourth-order valence-corrected chi connectivity index (χ4v) is 3.36. The Hall–Kier alpha value is -1.65. The number of ether oxygens (including phenoxy) is 1. The van der Waals surface area contributed by atoms with Gasteiger partial charge in [-0.2, -0.15) is 0 Å². The average Bonchev–Trinajstić information content (AvgIpc) is 2.54. The third kappa shape index (κ3) is 8.27. The van der Waals surface area contributed by atoms with Gasteiger partial charge in [-0.15, -0.1) is 0 Å². The van der Waals surface area contributed by atoms with Crippen LogP contribution in [0.3, 0.4) is 0 Å². The minimum Gasteiger partial charge on any atom is -0.469 e.